The van der Waals surface area contributed by atoms with Gasteiger partial charge in [0.05, 0.1) is 10.6 Å². The van der Waals surface area contributed by atoms with Crippen LogP contribution in [0.25, 0.3) is 0 Å². The molecule has 2 aromatic rings. The van der Waals surface area contributed by atoms with Crippen LogP contribution in [0.1, 0.15) is 15.9 Å². The third-order valence-corrected chi connectivity index (χ3v) is 3.07. The molecule has 0 unspecified atom stereocenters. The molecule has 0 saturated carbocycles. The van der Waals surface area contributed by atoms with Gasteiger partial charge in [0.15, 0.2) is 0 Å². The van der Waals surface area contributed by atoms with Crippen molar-refractivity contribution in [2.75, 3.05) is 12.8 Å². The molecule has 1 aromatic heterocycles. The molecule has 2 rings (SSSR count). The van der Waals surface area contributed by atoms with Crippen LogP contribution in [0, 0.1) is 0 Å². The molecule has 0 fully saturated rings. The fourth-order valence-electron chi connectivity index (χ4n) is 1.75. The molecule has 0 aliphatic rings. The Balaban J connectivity index is 2.17. The summed E-state index contributed by atoms with van der Waals surface area (Å²) >= 11 is 6.03. The van der Waals surface area contributed by atoms with Gasteiger partial charge in [-0.3, -0.25) is 9.78 Å². The second kappa shape index (κ2) is 5.71. The summed E-state index contributed by atoms with van der Waals surface area (Å²) < 4.78 is 0. The smallest absolute Gasteiger partial charge is 0.255 e. The highest BCUT2D eigenvalue weighted by Gasteiger charge is 2.15. The molecule has 1 amide bonds. The lowest BCUT2D eigenvalue weighted by Gasteiger charge is -2.18. The Kier molecular flexibility index (Phi) is 4.02. The van der Waals surface area contributed by atoms with E-state index in [1.165, 1.54) is 0 Å². The molecule has 98 valence electrons. The predicted molar refractivity (Wildman–Crippen MR) is 75.9 cm³/mol. The number of halogens is 1. The van der Waals surface area contributed by atoms with Crippen molar-refractivity contribution in [2.45, 2.75) is 6.54 Å². The number of hydrogen-bond donors (Lipinski definition) is 1. The van der Waals surface area contributed by atoms with Crippen LogP contribution in [-0.4, -0.2) is 22.8 Å². The average Bonchev–Trinajstić information content (AvgIpc) is 2.42. The highest BCUT2D eigenvalue weighted by molar-refractivity contribution is 6.33. The summed E-state index contributed by atoms with van der Waals surface area (Å²) in [5.41, 5.74) is 7.62. The summed E-state index contributed by atoms with van der Waals surface area (Å²) in [6.07, 6.45) is 3.39. The number of nitrogens with two attached hydrogens (primary N) is 1. The molecular weight excluding hydrogens is 262 g/mol. The lowest BCUT2D eigenvalue weighted by Crippen LogP contribution is -2.26. The fourth-order valence-corrected chi connectivity index (χ4v) is 1.94. The number of carbonyl (C=O) groups excluding carboxylic acids is 1. The molecule has 1 heterocycles. The number of nitrogens with zero attached hydrogens (tertiary/aromatic N) is 2. The maximum atomic E-state index is 12.3. The Bertz CT molecular complexity index is 586. The van der Waals surface area contributed by atoms with Gasteiger partial charge < -0.3 is 10.6 Å². The summed E-state index contributed by atoms with van der Waals surface area (Å²) in [6.45, 7) is 0.493. The van der Waals surface area contributed by atoms with Crippen molar-refractivity contribution in [3.63, 3.8) is 0 Å². The van der Waals surface area contributed by atoms with Crippen LogP contribution in [0.2, 0.25) is 5.02 Å². The van der Waals surface area contributed by atoms with Gasteiger partial charge in [-0.1, -0.05) is 11.6 Å². The molecule has 0 atom stereocenters. The van der Waals surface area contributed by atoms with Gasteiger partial charge in [0.2, 0.25) is 0 Å². The lowest BCUT2D eigenvalue weighted by molar-refractivity contribution is 0.0785. The molecule has 2 N–H and O–H groups in total. The van der Waals surface area contributed by atoms with Crippen LogP contribution in [0.5, 0.6) is 0 Å². The number of carbonyl (C=O) groups is 1. The minimum Gasteiger partial charge on any atom is -0.399 e. The summed E-state index contributed by atoms with van der Waals surface area (Å²) in [5, 5.41) is 0.403. The Morgan fingerprint density at radius 2 is 2.00 bits per heavy atom. The number of pyridine rings is 1. The van der Waals surface area contributed by atoms with Gasteiger partial charge in [-0.15, -0.1) is 0 Å². The molecular formula is C14H14ClN3O. The Morgan fingerprint density at radius 1 is 1.32 bits per heavy atom. The van der Waals surface area contributed by atoms with Gasteiger partial charge in [0.25, 0.3) is 5.91 Å². The minimum absolute atomic E-state index is 0.158. The van der Waals surface area contributed by atoms with Crippen LogP contribution >= 0.6 is 11.6 Å². The van der Waals surface area contributed by atoms with Crippen molar-refractivity contribution >= 4 is 23.2 Å². The maximum Gasteiger partial charge on any atom is 0.255 e. The van der Waals surface area contributed by atoms with E-state index in [9.17, 15) is 4.79 Å². The number of rotatable bonds is 3. The van der Waals surface area contributed by atoms with Crippen LogP contribution in [0.3, 0.4) is 0 Å². The van der Waals surface area contributed by atoms with E-state index in [-0.39, 0.29) is 5.91 Å². The van der Waals surface area contributed by atoms with Crippen molar-refractivity contribution in [2.24, 2.45) is 0 Å². The largest absolute Gasteiger partial charge is 0.399 e. The monoisotopic (exact) mass is 275 g/mol. The third kappa shape index (κ3) is 3.23. The van der Waals surface area contributed by atoms with Crippen LogP contribution in [0.4, 0.5) is 5.69 Å². The Hall–Kier alpha value is -2.07. The first-order valence-corrected chi connectivity index (χ1v) is 6.15. The molecule has 0 spiro atoms. The zero-order chi connectivity index (χ0) is 13.8. The number of anilines is 1. The number of hydrogen-bond acceptors (Lipinski definition) is 3. The first kappa shape index (κ1) is 13.4. The Labute approximate surface area is 116 Å². The average molecular weight is 276 g/mol. The Morgan fingerprint density at radius 3 is 2.68 bits per heavy atom. The van der Waals surface area contributed by atoms with Crippen LogP contribution in [-0.2, 0) is 6.54 Å². The molecule has 4 nitrogen and oxygen atoms in total. The zero-order valence-corrected chi connectivity index (χ0v) is 11.3. The summed E-state index contributed by atoms with van der Waals surface area (Å²) in [6, 6.07) is 8.62. The summed E-state index contributed by atoms with van der Waals surface area (Å²) in [5.74, 6) is -0.158. The topological polar surface area (TPSA) is 59.2 Å². The standard InChI is InChI=1S/C14H14ClN3O/c1-18(9-10-4-6-17-7-5-10)14(19)12-8-11(16)2-3-13(12)15/h2-8H,9,16H2,1H3. The van der Waals surface area contributed by atoms with E-state index in [1.807, 2.05) is 12.1 Å². The van der Waals surface area contributed by atoms with Crippen LogP contribution < -0.4 is 5.73 Å². The molecule has 0 radical (unpaired) electrons. The van der Waals surface area contributed by atoms with Gasteiger partial charge in [-0.2, -0.15) is 0 Å². The van der Waals surface area contributed by atoms with E-state index in [0.29, 0.717) is 22.8 Å². The molecule has 0 aliphatic carbocycles. The number of nitrogen functional groups attached to an aromatic ring is 1. The van der Waals surface area contributed by atoms with E-state index in [4.69, 9.17) is 17.3 Å². The third-order valence-electron chi connectivity index (χ3n) is 2.74. The van der Waals surface area contributed by atoms with Crippen molar-refractivity contribution in [3.8, 4) is 0 Å². The van der Waals surface area contributed by atoms with E-state index < -0.39 is 0 Å². The summed E-state index contributed by atoms with van der Waals surface area (Å²) in [7, 11) is 1.72. The van der Waals surface area contributed by atoms with Gasteiger partial charge in [0, 0.05) is 31.7 Å². The van der Waals surface area contributed by atoms with Gasteiger partial charge >= 0.3 is 0 Å². The molecule has 5 heteroatoms. The van der Waals surface area contributed by atoms with Gasteiger partial charge in [-0.05, 0) is 35.9 Å². The van der Waals surface area contributed by atoms with Crippen LogP contribution in [0.15, 0.2) is 42.7 Å². The highest BCUT2D eigenvalue weighted by atomic mass is 35.5. The highest BCUT2D eigenvalue weighted by Crippen LogP contribution is 2.20. The summed E-state index contributed by atoms with van der Waals surface area (Å²) in [4.78, 5) is 17.8. The maximum absolute atomic E-state index is 12.3. The SMILES string of the molecule is CN(Cc1ccncc1)C(=O)c1cc(N)ccc1Cl. The first-order valence-electron chi connectivity index (χ1n) is 5.77. The molecule has 0 saturated heterocycles. The number of benzene rings is 1. The van der Waals surface area contributed by atoms with E-state index in [0.717, 1.165) is 5.56 Å². The lowest BCUT2D eigenvalue weighted by atomic mass is 10.1. The first-order chi connectivity index (χ1) is 9.08. The molecule has 19 heavy (non-hydrogen) atoms. The quantitative estimate of drug-likeness (QED) is 0.876. The van der Waals surface area contributed by atoms with E-state index >= 15 is 0 Å². The second-order valence-electron chi connectivity index (χ2n) is 4.26. The number of aromatic nitrogens is 1. The second-order valence-corrected chi connectivity index (χ2v) is 4.66. The van der Waals surface area contributed by atoms with E-state index in [2.05, 4.69) is 4.98 Å². The van der Waals surface area contributed by atoms with Crippen molar-refractivity contribution in [1.82, 2.24) is 9.88 Å². The molecule has 1 aromatic carbocycles. The van der Waals surface area contributed by atoms with Crippen molar-refractivity contribution in [1.29, 1.82) is 0 Å². The molecule has 0 bridgehead atoms. The van der Waals surface area contributed by atoms with E-state index in [1.54, 1.807) is 42.5 Å². The molecule has 0 aliphatic heterocycles. The normalized spacial score (nSPS) is 10.2. The van der Waals surface area contributed by atoms with Gasteiger partial charge in [-0.25, -0.2) is 0 Å². The van der Waals surface area contributed by atoms with Crippen molar-refractivity contribution < 1.29 is 4.79 Å². The van der Waals surface area contributed by atoms with Crippen molar-refractivity contribution in [3.05, 3.63) is 58.9 Å². The zero-order valence-electron chi connectivity index (χ0n) is 10.5. The number of amides is 1. The predicted octanol–water partition coefficient (Wildman–Crippen LogP) is 2.59. The van der Waals surface area contributed by atoms with Gasteiger partial charge in [0.1, 0.15) is 0 Å². The fraction of sp³-hybridized carbons (Fsp3) is 0.143. The minimum atomic E-state index is -0.158.